The third-order valence-corrected chi connectivity index (χ3v) is 7.17. The lowest BCUT2D eigenvalue weighted by molar-refractivity contribution is -0.113. The summed E-state index contributed by atoms with van der Waals surface area (Å²) in [6.07, 6.45) is 3.09. The second-order valence-corrected chi connectivity index (χ2v) is 9.61. The van der Waals surface area contributed by atoms with Crippen LogP contribution in [0.3, 0.4) is 0 Å². The van der Waals surface area contributed by atoms with Crippen LogP contribution in [0.1, 0.15) is 34.9 Å². The Labute approximate surface area is 172 Å². The Kier molecular flexibility index (Phi) is 5.29. The van der Waals surface area contributed by atoms with Gasteiger partial charge in [0.1, 0.15) is 4.83 Å². The highest BCUT2D eigenvalue weighted by Gasteiger charge is 2.23. The first-order valence-corrected chi connectivity index (χ1v) is 11.3. The summed E-state index contributed by atoms with van der Waals surface area (Å²) in [6.45, 7) is 6.21. The second kappa shape index (κ2) is 7.72. The minimum Gasteiger partial charge on any atom is -0.325 e. The molecule has 146 valence electrons. The third kappa shape index (κ3) is 3.86. The summed E-state index contributed by atoms with van der Waals surface area (Å²) in [4.78, 5) is 34.5. The van der Waals surface area contributed by atoms with E-state index in [4.69, 9.17) is 0 Å². The number of amides is 1. The molecule has 0 fully saturated rings. The van der Waals surface area contributed by atoms with Gasteiger partial charge in [-0.25, -0.2) is 4.98 Å². The van der Waals surface area contributed by atoms with Crippen LogP contribution in [0.2, 0.25) is 0 Å². The average molecular weight is 414 g/mol. The molecule has 0 saturated carbocycles. The first kappa shape index (κ1) is 19.2. The Morgan fingerprint density at radius 2 is 2.21 bits per heavy atom. The van der Waals surface area contributed by atoms with Crippen molar-refractivity contribution in [3.63, 3.8) is 0 Å². The predicted molar refractivity (Wildman–Crippen MR) is 117 cm³/mol. The van der Waals surface area contributed by atoms with E-state index in [9.17, 15) is 9.59 Å². The molecule has 0 saturated heterocycles. The Hall–Kier alpha value is -2.12. The Balaban J connectivity index is 1.50. The number of nitrogens with zero attached hydrogens (tertiary/aromatic N) is 1. The van der Waals surface area contributed by atoms with Crippen molar-refractivity contribution < 1.29 is 4.79 Å². The highest BCUT2D eigenvalue weighted by Crippen LogP contribution is 2.36. The van der Waals surface area contributed by atoms with Gasteiger partial charge >= 0.3 is 0 Å². The largest absolute Gasteiger partial charge is 0.325 e. The number of thioether (sulfide) groups is 1. The van der Waals surface area contributed by atoms with Gasteiger partial charge in [-0.3, -0.25) is 9.59 Å². The van der Waals surface area contributed by atoms with Gasteiger partial charge in [-0.05, 0) is 61.8 Å². The molecule has 2 heterocycles. The van der Waals surface area contributed by atoms with E-state index >= 15 is 0 Å². The molecule has 28 heavy (non-hydrogen) atoms. The standard InChI is InChI=1S/C21H23N3O2S2/c1-11-4-6-13(3)15(8-11)22-17(25)10-27-21-23-19(26)18-14-7-5-12(2)9-16(14)28-20(18)24-21/h4,6,8,12H,5,7,9-10H2,1-3H3,(H,22,25)(H,23,24,26). The van der Waals surface area contributed by atoms with Crippen molar-refractivity contribution in [3.8, 4) is 0 Å². The van der Waals surface area contributed by atoms with Crippen molar-refractivity contribution in [1.82, 2.24) is 9.97 Å². The third-order valence-electron chi connectivity index (χ3n) is 5.15. The molecule has 0 radical (unpaired) electrons. The molecule has 1 atom stereocenters. The molecular formula is C21H23N3O2S2. The number of rotatable bonds is 4. The molecule has 4 rings (SSSR count). The molecule has 7 heteroatoms. The van der Waals surface area contributed by atoms with Crippen LogP contribution in [0, 0.1) is 19.8 Å². The van der Waals surface area contributed by atoms with E-state index in [0.717, 1.165) is 46.3 Å². The van der Waals surface area contributed by atoms with Gasteiger partial charge < -0.3 is 10.3 Å². The van der Waals surface area contributed by atoms with Crippen LogP contribution < -0.4 is 10.9 Å². The number of carbonyl (C=O) groups is 1. The fourth-order valence-electron chi connectivity index (χ4n) is 3.59. The zero-order chi connectivity index (χ0) is 19.8. The van der Waals surface area contributed by atoms with Crippen LogP contribution in [-0.4, -0.2) is 21.6 Å². The van der Waals surface area contributed by atoms with E-state index in [-0.39, 0.29) is 17.2 Å². The number of aromatic amines is 1. The number of hydrogen-bond acceptors (Lipinski definition) is 5. The van der Waals surface area contributed by atoms with E-state index in [1.54, 1.807) is 11.3 Å². The SMILES string of the molecule is Cc1ccc(C)c(NC(=O)CSc2nc3sc4c(c3c(=O)[nH]2)CCC(C)C4)c1. The van der Waals surface area contributed by atoms with Crippen LogP contribution >= 0.6 is 23.1 Å². The minimum absolute atomic E-state index is 0.0884. The minimum atomic E-state index is -0.110. The monoisotopic (exact) mass is 413 g/mol. The Bertz CT molecular complexity index is 1120. The van der Waals surface area contributed by atoms with Crippen LogP contribution in [-0.2, 0) is 17.6 Å². The normalized spacial score (nSPS) is 16.2. The number of benzene rings is 1. The first-order valence-electron chi connectivity index (χ1n) is 9.45. The number of hydrogen-bond donors (Lipinski definition) is 2. The van der Waals surface area contributed by atoms with Crippen molar-refractivity contribution in [2.24, 2.45) is 5.92 Å². The molecule has 3 aromatic rings. The molecule has 5 nitrogen and oxygen atoms in total. The number of thiophene rings is 1. The Morgan fingerprint density at radius 1 is 1.39 bits per heavy atom. The summed E-state index contributed by atoms with van der Waals surface area (Å²) in [5.74, 6) is 0.743. The molecule has 2 N–H and O–H groups in total. The van der Waals surface area contributed by atoms with Crippen molar-refractivity contribution in [1.29, 1.82) is 0 Å². The van der Waals surface area contributed by atoms with Gasteiger partial charge in [-0.2, -0.15) is 0 Å². The maximum absolute atomic E-state index is 12.6. The summed E-state index contributed by atoms with van der Waals surface area (Å²) in [5.41, 5.74) is 4.03. The van der Waals surface area contributed by atoms with E-state index in [1.807, 2.05) is 32.0 Å². The maximum Gasteiger partial charge on any atom is 0.260 e. The smallest absolute Gasteiger partial charge is 0.260 e. The first-order chi connectivity index (χ1) is 13.4. The number of nitrogens with one attached hydrogen (secondary N) is 2. The van der Waals surface area contributed by atoms with E-state index in [2.05, 4.69) is 22.2 Å². The van der Waals surface area contributed by atoms with Gasteiger partial charge in [-0.1, -0.05) is 30.8 Å². The van der Waals surface area contributed by atoms with Gasteiger partial charge in [0.15, 0.2) is 5.16 Å². The van der Waals surface area contributed by atoms with Crippen LogP contribution in [0.4, 0.5) is 5.69 Å². The predicted octanol–water partition coefficient (Wildman–Crippen LogP) is 4.46. The van der Waals surface area contributed by atoms with Crippen molar-refractivity contribution >= 4 is 44.9 Å². The molecule has 2 aromatic heterocycles. The topological polar surface area (TPSA) is 74.8 Å². The molecule has 1 amide bonds. The molecule has 0 aliphatic heterocycles. The van der Waals surface area contributed by atoms with Gasteiger partial charge in [0.05, 0.1) is 11.1 Å². The quantitative estimate of drug-likeness (QED) is 0.489. The number of carbonyl (C=O) groups excluding carboxylic acids is 1. The van der Waals surface area contributed by atoms with Gasteiger partial charge in [0, 0.05) is 10.6 Å². The summed E-state index contributed by atoms with van der Waals surface area (Å²) in [6, 6.07) is 5.97. The van der Waals surface area contributed by atoms with E-state index < -0.39 is 0 Å². The fraction of sp³-hybridized carbons (Fsp3) is 0.381. The number of anilines is 1. The number of H-pyrrole nitrogens is 1. The lowest BCUT2D eigenvalue weighted by atomic mass is 9.89. The number of fused-ring (bicyclic) bond motifs is 3. The van der Waals surface area contributed by atoms with E-state index in [0.29, 0.717) is 11.1 Å². The number of aromatic nitrogens is 2. The van der Waals surface area contributed by atoms with Gasteiger partial charge in [0.2, 0.25) is 5.91 Å². The lowest BCUT2D eigenvalue weighted by Crippen LogP contribution is -2.16. The highest BCUT2D eigenvalue weighted by molar-refractivity contribution is 7.99. The molecule has 1 aliphatic rings. The molecule has 0 spiro atoms. The zero-order valence-corrected chi connectivity index (χ0v) is 17.9. The van der Waals surface area contributed by atoms with Gasteiger partial charge in [0.25, 0.3) is 5.56 Å². The average Bonchev–Trinajstić information content (AvgIpc) is 3.00. The second-order valence-electron chi connectivity index (χ2n) is 7.56. The van der Waals surface area contributed by atoms with Gasteiger partial charge in [-0.15, -0.1) is 11.3 Å². The Morgan fingerprint density at radius 3 is 3.04 bits per heavy atom. The molecular weight excluding hydrogens is 390 g/mol. The van der Waals surface area contributed by atoms with Crippen molar-refractivity contribution in [2.75, 3.05) is 11.1 Å². The molecule has 0 bridgehead atoms. The lowest BCUT2D eigenvalue weighted by Gasteiger charge is -2.17. The van der Waals surface area contributed by atoms with Crippen LogP contribution in [0.15, 0.2) is 28.2 Å². The highest BCUT2D eigenvalue weighted by atomic mass is 32.2. The zero-order valence-electron chi connectivity index (χ0n) is 16.2. The molecule has 1 aliphatic carbocycles. The van der Waals surface area contributed by atoms with E-state index in [1.165, 1.54) is 22.2 Å². The van der Waals surface area contributed by atoms with Crippen molar-refractivity contribution in [2.45, 2.75) is 45.2 Å². The van der Waals surface area contributed by atoms with Crippen LogP contribution in [0.5, 0.6) is 0 Å². The number of aryl methyl sites for hydroxylation is 3. The van der Waals surface area contributed by atoms with Crippen LogP contribution in [0.25, 0.3) is 10.2 Å². The molecule has 1 unspecified atom stereocenters. The van der Waals surface area contributed by atoms with Crippen molar-refractivity contribution in [3.05, 3.63) is 50.1 Å². The maximum atomic E-state index is 12.6. The summed E-state index contributed by atoms with van der Waals surface area (Å²) in [5, 5.41) is 4.19. The molecule has 1 aromatic carbocycles. The summed E-state index contributed by atoms with van der Waals surface area (Å²) in [7, 11) is 0. The summed E-state index contributed by atoms with van der Waals surface area (Å²) < 4.78 is 0. The summed E-state index contributed by atoms with van der Waals surface area (Å²) >= 11 is 2.89. The fourth-order valence-corrected chi connectivity index (χ4v) is 5.69.